The van der Waals surface area contributed by atoms with Gasteiger partial charge in [-0.05, 0) is 83.5 Å². The minimum atomic E-state index is -5.05. The van der Waals surface area contributed by atoms with Crippen LogP contribution in [0.2, 0.25) is 0 Å². The quantitative estimate of drug-likeness (QED) is 0.0167. The van der Waals surface area contributed by atoms with Crippen molar-refractivity contribution in [2.75, 3.05) is 19.8 Å². The molecular weight excluding hydrogens is 763 g/mol. The topological polar surface area (TPSA) is 192 Å². The van der Waals surface area contributed by atoms with Gasteiger partial charge in [0.05, 0.1) is 13.2 Å². The number of aliphatic hydroxyl groups excluding tert-OH is 5. The molecule has 1 aliphatic rings. The van der Waals surface area contributed by atoms with E-state index in [0.29, 0.717) is 25.9 Å². The summed E-state index contributed by atoms with van der Waals surface area (Å²) in [5.41, 5.74) is 0. The third kappa shape index (κ3) is 26.9. The summed E-state index contributed by atoms with van der Waals surface area (Å²) in [6.07, 6.45) is 36.1. The molecule has 0 radical (unpaired) electrons. The van der Waals surface area contributed by atoms with Gasteiger partial charge in [0.2, 0.25) is 0 Å². The Kier molecular flexibility index (Phi) is 31.8. The van der Waals surface area contributed by atoms with E-state index in [2.05, 4.69) is 111 Å². The number of esters is 1. The molecule has 328 valence electrons. The zero-order chi connectivity index (χ0) is 42.7. The predicted molar refractivity (Wildman–Crippen MR) is 230 cm³/mol. The van der Waals surface area contributed by atoms with Gasteiger partial charge in [-0.2, -0.15) is 0 Å². The van der Waals surface area contributed by atoms with E-state index in [-0.39, 0.29) is 13.0 Å². The molecule has 6 unspecified atom stereocenters. The van der Waals surface area contributed by atoms with E-state index < -0.39 is 63.1 Å². The number of phosphoric ester groups is 1. The van der Waals surface area contributed by atoms with Gasteiger partial charge in [-0.25, -0.2) is 4.57 Å². The number of aliphatic hydroxyl groups is 5. The molecule has 0 bridgehead atoms. The summed E-state index contributed by atoms with van der Waals surface area (Å²) < 4.78 is 33.9. The first-order chi connectivity index (χ1) is 28.0. The first kappa shape index (κ1) is 53.0. The lowest BCUT2D eigenvalue weighted by atomic mass is 9.85. The Hall–Kier alpha value is -3.00. The molecule has 6 atom stereocenters. The molecule has 0 spiro atoms. The molecule has 0 aromatic rings. The fourth-order valence-corrected chi connectivity index (χ4v) is 6.36. The first-order valence-electron chi connectivity index (χ1n) is 20.7. The lowest BCUT2D eigenvalue weighted by Gasteiger charge is -2.41. The maximum absolute atomic E-state index is 12.8. The van der Waals surface area contributed by atoms with E-state index in [9.17, 15) is 39.8 Å². The second kappa shape index (κ2) is 34.8. The van der Waals surface area contributed by atoms with Gasteiger partial charge >= 0.3 is 13.8 Å². The summed E-state index contributed by atoms with van der Waals surface area (Å²) in [5.74, 6) is -0.559. The summed E-state index contributed by atoms with van der Waals surface area (Å²) in [7, 11) is -5.05. The second-order valence-electron chi connectivity index (χ2n) is 13.7. The van der Waals surface area contributed by atoms with Gasteiger partial charge in [0.1, 0.15) is 42.7 Å². The lowest BCUT2D eigenvalue weighted by molar-refractivity contribution is -0.220. The van der Waals surface area contributed by atoms with Crippen LogP contribution in [0.1, 0.15) is 104 Å². The van der Waals surface area contributed by atoms with Gasteiger partial charge in [0, 0.05) is 13.0 Å². The zero-order valence-corrected chi connectivity index (χ0v) is 35.4. The maximum Gasteiger partial charge on any atom is 0.472 e. The van der Waals surface area contributed by atoms with E-state index in [4.69, 9.17) is 18.5 Å². The number of carbonyl (C=O) groups is 1. The van der Waals surface area contributed by atoms with Crippen molar-refractivity contribution in [1.29, 1.82) is 0 Å². The Morgan fingerprint density at radius 2 is 0.931 bits per heavy atom. The summed E-state index contributed by atoms with van der Waals surface area (Å²) in [4.78, 5) is 23.1. The average Bonchev–Trinajstić information content (AvgIpc) is 3.21. The van der Waals surface area contributed by atoms with Gasteiger partial charge in [-0.15, -0.1) is 0 Å². The zero-order valence-electron chi connectivity index (χ0n) is 34.5. The van der Waals surface area contributed by atoms with Crippen LogP contribution in [-0.2, 0) is 27.9 Å². The number of unbranched alkanes of at least 4 members (excludes halogenated alkanes) is 2. The van der Waals surface area contributed by atoms with Gasteiger partial charge in [-0.1, -0.05) is 123 Å². The number of allylic oxidation sites excluding steroid dienone is 18. The highest BCUT2D eigenvalue weighted by atomic mass is 31.2. The van der Waals surface area contributed by atoms with E-state index in [1.54, 1.807) is 0 Å². The highest BCUT2D eigenvalue weighted by Gasteiger charge is 2.51. The molecule has 6 N–H and O–H groups in total. The van der Waals surface area contributed by atoms with E-state index in [1.165, 1.54) is 0 Å². The smallest absolute Gasteiger partial charge is 0.457 e. The van der Waals surface area contributed by atoms with Crippen molar-refractivity contribution in [3.63, 3.8) is 0 Å². The summed E-state index contributed by atoms with van der Waals surface area (Å²) in [6.45, 7) is 3.78. The molecule has 1 rings (SSSR count). The minimum absolute atomic E-state index is 0.0858. The number of ether oxygens (including phenoxy) is 2. The molecule has 1 aliphatic carbocycles. The van der Waals surface area contributed by atoms with Crippen molar-refractivity contribution in [2.24, 2.45) is 0 Å². The SMILES string of the molecule is CC/C=C\C/C=C\C/C=C\C/C=C\C/C=C\CCCC(=O)OC(COCCC/C=C\C/C=C\C/C=C\C/C=C\CC)COP(=O)(O)OC1C(O)C(O)C(O)C(O)C1O. The minimum Gasteiger partial charge on any atom is -0.457 e. The number of hydrogen-bond donors (Lipinski definition) is 6. The van der Waals surface area contributed by atoms with Crippen LogP contribution in [0.5, 0.6) is 0 Å². The van der Waals surface area contributed by atoms with Crippen LogP contribution < -0.4 is 0 Å². The molecule has 0 aromatic heterocycles. The largest absolute Gasteiger partial charge is 0.472 e. The van der Waals surface area contributed by atoms with Crippen LogP contribution in [0, 0.1) is 0 Å². The van der Waals surface area contributed by atoms with Gasteiger partial charge in [0.25, 0.3) is 0 Å². The number of carbonyl (C=O) groups excluding carboxylic acids is 1. The van der Waals surface area contributed by atoms with Gasteiger partial charge in [-0.3, -0.25) is 13.8 Å². The number of phosphoric acid groups is 1. The van der Waals surface area contributed by atoms with Crippen LogP contribution in [-0.4, -0.2) is 98.9 Å². The lowest BCUT2D eigenvalue weighted by Crippen LogP contribution is -2.64. The van der Waals surface area contributed by atoms with Crippen LogP contribution >= 0.6 is 7.82 Å². The molecule has 1 fully saturated rings. The molecule has 0 amide bonds. The molecule has 13 heteroatoms. The molecule has 0 aromatic carbocycles. The van der Waals surface area contributed by atoms with Gasteiger partial charge in [0.15, 0.2) is 0 Å². The molecule has 12 nitrogen and oxygen atoms in total. The fraction of sp³-hybridized carbons (Fsp3) is 0.578. The molecule has 58 heavy (non-hydrogen) atoms. The number of hydrogen-bond acceptors (Lipinski definition) is 11. The molecule has 0 heterocycles. The highest BCUT2D eigenvalue weighted by Crippen LogP contribution is 2.47. The number of rotatable bonds is 32. The molecule has 1 saturated carbocycles. The van der Waals surface area contributed by atoms with E-state index in [0.717, 1.165) is 64.2 Å². The second-order valence-corrected chi connectivity index (χ2v) is 15.1. The van der Waals surface area contributed by atoms with Crippen molar-refractivity contribution in [1.82, 2.24) is 0 Å². The van der Waals surface area contributed by atoms with E-state index >= 15 is 0 Å². The Morgan fingerprint density at radius 1 is 0.552 bits per heavy atom. The van der Waals surface area contributed by atoms with Crippen LogP contribution in [0.25, 0.3) is 0 Å². The van der Waals surface area contributed by atoms with E-state index in [1.807, 2.05) is 12.2 Å². The Bertz CT molecular complexity index is 1370. The van der Waals surface area contributed by atoms with Crippen molar-refractivity contribution < 1.29 is 58.3 Å². The van der Waals surface area contributed by atoms with Crippen molar-refractivity contribution >= 4 is 13.8 Å². The highest BCUT2D eigenvalue weighted by molar-refractivity contribution is 7.47. The Labute approximate surface area is 347 Å². The third-order valence-electron chi connectivity index (χ3n) is 8.64. The Morgan fingerprint density at radius 3 is 1.36 bits per heavy atom. The van der Waals surface area contributed by atoms with Crippen molar-refractivity contribution in [3.05, 3.63) is 109 Å². The Balaban J connectivity index is 2.55. The van der Waals surface area contributed by atoms with Crippen molar-refractivity contribution in [3.8, 4) is 0 Å². The molecule has 0 aliphatic heterocycles. The average molecular weight is 835 g/mol. The predicted octanol–water partition coefficient (Wildman–Crippen LogP) is 7.74. The normalized spacial score (nSPS) is 23.8. The summed E-state index contributed by atoms with van der Waals surface area (Å²) in [5, 5.41) is 50.1. The molecular formula is C45H71O12P. The molecule has 0 saturated heterocycles. The van der Waals surface area contributed by atoms with Crippen LogP contribution in [0.3, 0.4) is 0 Å². The van der Waals surface area contributed by atoms with Crippen LogP contribution in [0.15, 0.2) is 109 Å². The standard InChI is InChI=1S/C45H71O12P/c1-3-5-7-9-11-13-15-17-19-20-21-22-24-26-28-30-32-34-39(46)56-38(36-54-35-33-31-29-27-25-23-18-16-14-12-10-8-6-4-2)37-55-58(52,53)57-45-43(50)41(48)40(47)42(49)44(45)51/h5-8,11-14,17-19,21-23,26-29,38,40-45,47-51H,3-4,9-10,15-16,20,24-25,30-37H2,1-2H3,(H,52,53)/b7-5-,8-6-,13-11-,14-12-,19-17-,22-21-,23-18-,28-26-,29-27-. The third-order valence-corrected chi connectivity index (χ3v) is 9.63. The summed E-state index contributed by atoms with van der Waals surface area (Å²) in [6, 6.07) is 0. The monoisotopic (exact) mass is 834 g/mol. The van der Waals surface area contributed by atoms with Crippen LogP contribution in [0.4, 0.5) is 0 Å². The van der Waals surface area contributed by atoms with Crippen molar-refractivity contribution in [2.45, 2.75) is 146 Å². The first-order valence-corrected chi connectivity index (χ1v) is 22.2. The maximum atomic E-state index is 12.8. The van der Waals surface area contributed by atoms with Gasteiger partial charge < -0.3 is 39.9 Å². The summed E-state index contributed by atoms with van der Waals surface area (Å²) >= 11 is 0. The fourth-order valence-electron chi connectivity index (χ4n) is 5.39.